The van der Waals surface area contributed by atoms with Crippen LogP contribution >= 0.6 is 11.6 Å². The number of hydrogen-bond acceptors (Lipinski definition) is 5. The minimum absolute atomic E-state index is 0.0270. The van der Waals surface area contributed by atoms with E-state index in [2.05, 4.69) is 20.5 Å². The fraction of sp³-hybridized carbons (Fsp3) is 0.100. The monoisotopic (exact) mass is 426 g/mol. The van der Waals surface area contributed by atoms with E-state index in [4.69, 9.17) is 16.3 Å². The smallest absolute Gasteiger partial charge is 0.278 e. The highest BCUT2D eigenvalue weighted by molar-refractivity contribution is 6.30. The van der Waals surface area contributed by atoms with Crippen LogP contribution in [0.4, 0.5) is 10.3 Å². The maximum absolute atomic E-state index is 13.2. The minimum atomic E-state index is -0.526. The summed E-state index contributed by atoms with van der Waals surface area (Å²) in [6.45, 7) is 0.572. The van der Waals surface area contributed by atoms with Crippen LogP contribution in [0.25, 0.3) is 0 Å². The topological polar surface area (TPSA) is 86.9 Å². The van der Waals surface area contributed by atoms with Crippen LogP contribution in [0.2, 0.25) is 5.02 Å². The first-order valence-corrected chi connectivity index (χ1v) is 9.31. The summed E-state index contributed by atoms with van der Waals surface area (Å²) < 4.78 is 21.7. The number of halogens is 2. The quantitative estimate of drug-likeness (QED) is 0.488. The summed E-state index contributed by atoms with van der Waals surface area (Å²) in [6, 6.07) is 15.4. The van der Waals surface area contributed by atoms with Crippen molar-refractivity contribution in [2.75, 3.05) is 5.32 Å². The SMILES string of the molecule is O=C(Nc1ncn(Cc2ccccc2)n1)c1ccn(COc2ccc(F)c(Cl)c2)n1. The highest BCUT2D eigenvalue weighted by atomic mass is 35.5. The lowest BCUT2D eigenvalue weighted by Crippen LogP contribution is -2.15. The van der Waals surface area contributed by atoms with Gasteiger partial charge in [0.25, 0.3) is 5.91 Å². The molecule has 8 nitrogen and oxygen atoms in total. The lowest BCUT2D eigenvalue weighted by atomic mass is 10.2. The van der Waals surface area contributed by atoms with E-state index in [-0.39, 0.29) is 23.4 Å². The summed E-state index contributed by atoms with van der Waals surface area (Å²) in [5.41, 5.74) is 1.25. The minimum Gasteiger partial charge on any atom is -0.471 e. The standard InChI is InChI=1S/C20H16ClFN6O2/c21-16-10-15(6-7-17(16)22)30-13-27-9-8-18(25-27)19(29)24-20-23-12-28(26-20)11-14-4-2-1-3-5-14/h1-10,12H,11,13H2,(H,24,26,29). The molecule has 0 atom stereocenters. The Morgan fingerprint density at radius 2 is 1.93 bits per heavy atom. The van der Waals surface area contributed by atoms with Gasteiger partial charge in [0.2, 0.25) is 5.95 Å². The lowest BCUT2D eigenvalue weighted by Gasteiger charge is -2.06. The summed E-state index contributed by atoms with van der Waals surface area (Å²) >= 11 is 5.72. The zero-order chi connectivity index (χ0) is 20.9. The normalized spacial score (nSPS) is 10.7. The summed E-state index contributed by atoms with van der Waals surface area (Å²) in [6.07, 6.45) is 3.13. The van der Waals surface area contributed by atoms with Gasteiger partial charge in [-0.15, -0.1) is 5.10 Å². The molecular formula is C20H16ClFN6O2. The Labute approximate surface area is 175 Å². The van der Waals surface area contributed by atoms with Crippen LogP contribution in [0, 0.1) is 5.82 Å². The number of amides is 1. The molecule has 0 saturated carbocycles. The van der Waals surface area contributed by atoms with Crippen LogP contribution in [-0.4, -0.2) is 30.5 Å². The first kappa shape index (κ1) is 19.6. The number of ether oxygens (including phenoxy) is 1. The number of nitrogens with zero attached hydrogens (tertiary/aromatic N) is 5. The van der Waals surface area contributed by atoms with E-state index in [1.807, 2.05) is 30.3 Å². The Hall–Kier alpha value is -3.72. The van der Waals surface area contributed by atoms with Gasteiger partial charge in [-0.25, -0.2) is 18.7 Å². The summed E-state index contributed by atoms with van der Waals surface area (Å²) in [5, 5.41) is 11.0. The summed E-state index contributed by atoms with van der Waals surface area (Å²) in [7, 11) is 0. The van der Waals surface area contributed by atoms with Crippen molar-refractivity contribution in [3.05, 3.63) is 89.2 Å². The zero-order valence-electron chi connectivity index (χ0n) is 15.6. The average molecular weight is 427 g/mol. The van der Waals surface area contributed by atoms with Crippen LogP contribution in [0.1, 0.15) is 16.1 Å². The molecule has 2 heterocycles. The van der Waals surface area contributed by atoms with E-state index in [0.717, 1.165) is 5.56 Å². The van der Waals surface area contributed by atoms with E-state index in [9.17, 15) is 9.18 Å². The number of aromatic nitrogens is 5. The van der Waals surface area contributed by atoms with Crippen LogP contribution in [-0.2, 0) is 13.3 Å². The van der Waals surface area contributed by atoms with Crippen LogP contribution in [0.3, 0.4) is 0 Å². The first-order valence-electron chi connectivity index (χ1n) is 8.93. The molecule has 10 heteroatoms. The van der Waals surface area contributed by atoms with Crippen molar-refractivity contribution < 1.29 is 13.9 Å². The van der Waals surface area contributed by atoms with Gasteiger partial charge in [0, 0.05) is 12.3 Å². The molecule has 4 rings (SSSR count). The van der Waals surface area contributed by atoms with E-state index in [1.165, 1.54) is 28.9 Å². The van der Waals surface area contributed by atoms with E-state index < -0.39 is 11.7 Å². The third-order valence-electron chi connectivity index (χ3n) is 4.08. The summed E-state index contributed by atoms with van der Waals surface area (Å²) in [4.78, 5) is 16.5. The number of carbonyl (C=O) groups excluding carboxylic acids is 1. The van der Waals surface area contributed by atoms with Crippen molar-refractivity contribution in [2.45, 2.75) is 13.3 Å². The molecule has 0 saturated heterocycles. The molecule has 0 bridgehead atoms. The fourth-order valence-electron chi connectivity index (χ4n) is 2.63. The van der Waals surface area contributed by atoms with Gasteiger partial charge in [0.1, 0.15) is 17.9 Å². The van der Waals surface area contributed by atoms with Crippen LogP contribution in [0.5, 0.6) is 5.75 Å². The first-order chi connectivity index (χ1) is 14.6. The number of benzene rings is 2. The average Bonchev–Trinajstić information content (AvgIpc) is 3.39. The molecule has 0 aliphatic rings. The number of rotatable bonds is 7. The van der Waals surface area contributed by atoms with Gasteiger partial charge in [-0.3, -0.25) is 10.1 Å². The van der Waals surface area contributed by atoms with Gasteiger partial charge in [0.05, 0.1) is 11.6 Å². The Bertz CT molecular complexity index is 1160. The maximum atomic E-state index is 13.2. The van der Waals surface area contributed by atoms with Crippen LogP contribution < -0.4 is 10.1 Å². The van der Waals surface area contributed by atoms with Gasteiger partial charge in [-0.05, 0) is 23.8 Å². The number of carbonyl (C=O) groups is 1. The molecule has 152 valence electrons. The second-order valence-electron chi connectivity index (χ2n) is 6.30. The Morgan fingerprint density at radius 3 is 2.73 bits per heavy atom. The van der Waals surface area contributed by atoms with Crippen molar-refractivity contribution >= 4 is 23.5 Å². The molecule has 0 spiro atoms. The number of anilines is 1. The lowest BCUT2D eigenvalue weighted by molar-refractivity contribution is 0.101. The predicted molar refractivity (Wildman–Crippen MR) is 108 cm³/mol. The predicted octanol–water partition coefficient (Wildman–Crippen LogP) is 3.60. The van der Waals surface area contributed by atoms with Gasteiger partial charge in [-0.1, -0.05) is 41.9 Å². The summed E-state index contributed by atoms with van der Waals surface area (Å²) in [5.74, 6) is -0.406. The van der Waals surface area contributed by atoms with E-state index in [1.54, 1.807) is 17.2 Å². The van der Waals surface area contributed by atoms with Crippen molar-refractivity contribution in [1.82, 2.24) is 24.5 Å². The largest absolute Gasteiger partial charge is 0.471 e. The molecule has 30 heavy (non-hydrogen) atoms. The number of hydrogen-bond donors (Lipinski definition) is 1. The number of nitrogens with one attached hydrogen (secondary N) is 1. The van der Waals surface area contributed by atoms with Gasteiger partial charge in [-0.2, -0.15) is 5.10 Å². The van der Waals surface area contributed by atoms with Gasteiger partial charge in [0.15, 0.2) is 12.4 Å². The third kappa shape index (κ3) is 4.81. The van der Waals surface area contributed by atoms with Crippen molar-refractivity contribution in [3.8, 4) is 5.75 Å². The van der Waals surface area contributed by atoms with Crippen molar-refractivity contribution in [3.63, 3.8) is 0 Å². The molecule has 4 aromatic rings. The fourth-order valence-corrected chi connectivity index (χ4v) is 2.80. The Balaban J connectivity index is 1.33. The Morgan fingerprint density at radius 1 is 1.10 bits per heavy atom. The maximum Gasteiger partial charge on any atom is 0.278 e. The second kappa shape index (κ2) is 8.75. The zero-order valence-corrected chi connectivity index (χ0v) is 16.3. The van der Waals surface area contributed by atoms with E-state index >= 15 is 0 Å². The molecule has 0 fully saturated rings. The van der Waals surface area contributed by atoms with Crippen molar-refractivity contribution in [2.24, 2.45) is 0 Å². The molecule has 1 amide bonds. The Kier molecular flexibility index (Phi) is 5.71. The third-order valence-corrected chi connectivity index (χ3v) is 4.37. The van der Waals surface area contributed by atoms with Gasteiger partial charge < -0.3 is 4.74 Å². The molecule has 0 radical (unpaired) electrons. The second-order valence-corrected chi connectivity index (χ2v) is 6.70. The molecular weight excluding hydrogens is 411 g/mol. The van der Waals surface area contributed by atoms with E-state index in [0.29, 0.717) is 12.3 Å². The van der Waals surface area contributed by atoms with Crippen molar-refractivity contribution in [1.29, 1.82) is 0 Å². The molecule has 2 aromatic carbocycles. The molecule has 1 N–H and O–H groups in total. The molecule has 0 unspecified atom stereocenters. The van der Waals surface area contributed by atoms with Gasteiger partial charge >= 0.3 is 0 Å². The molecule has 0 aliphatic carbocycles. The molecule has 2 aromatic heterocycles. The highest BCUT2D eigenvalue weighted by Gasteiger charge is 2.13. The highest BCUT2D eigenvalue weighted by Crippen LogP contribution is 2.21. The van der Waals surface area contributed by atoms with Crippen LogP contribution in [0.15, 0.2) is 67.1 Å². The molecule has 0 aliphatic heterocycles.